The molecule has 0 unspecified atom stereocenters. The lowest BCUT2D eigenvalue weighted by atomic mass is 10.2. The number of hydrogen-bond acceptors (Lipinski definition) is 6. The number of para-hydroxylation sites is 1. The maximum Gasteiger partial charge on any atom is 0.348 e. The summed E-state index contributed by atoms with van der Waals surface area (Å²) in [6.07, 6.45) is 1.47. The van der Waals surface area contributed by atoms with E-state index in [4.69, 9.17) is 4.74 Å². The number of esters is 1. The maximum atomic E-state index is 12.6. The van der Waals surface area contributed by atoms with Crippen LogP contribution in [0.1, 0.15) is 9.67 Å². The molecular formula is C17H15NO5S2. The number of carbonyl (C=O) groups is 2. The van der Waals surface area contributed by atoms with Crippen molar-refractivity contribution in [3.8, 4) is 0 Å². The molecule has 25 heavy (non-hydrogen) atoms. The molecule has 0 saturated carbocycles. The minimum absolute atomic E-state index is 0.188. The Bertz CT molecular complexity index is 888. The van der Waals surface area contributed by atoms with Crippen molar-refractivity contribution in [2.24, 2.45) is 0 Å². The SMILES string of the molecule is O=C(OCC(=O)N(c1ccccc1)[C@@H]1C=CS(=O)(=O)C1)c1cccs1. The minimum atomic E-state index is -3.33. The Morgan fingerprint density at radius 1 is 1.16 bits per heavy atom. The zero-order chi connectivity index (χ0) is 17.9. The molecule has 1 aromatic carbocycles. The van der Waals surface area contributed by atoms with Gasteiger partial charge < -0.3 is 9.64 Å². The average Bonchev–Trinajstić information content (AvgIpc) is 3.24. The number of hydrogen-bond donors (Lipinski definition) is 0. The van der Waals surface area contributed by atoms with Crippen LogP contribution in [-0.2, 0) is 19.4 Å². The Morgan fingerprint density at radius 2 is 1.92 bits per heavy atom. The fraction of sp³-hybridized carbons (Fsp3) is 0.176. The molecule has 8 heteroatoms. The highest BCUT2D eigenvalue weighted by Crippen LogP contribution is 2.23. The van der Waals surface area contributed by atoms with Gasteiger partial charge in [0.05, 0.1) is 11.8 Å². The van der Waals surface area contributed by atoms with Crippen LogP contribution in [0.25, 0.3) is 0 Å². The molecule has 0 fully saturated rings. The van der Waals surface area contributed by atoms with Gasteiger partial charge >= 0.3 is 5.97 Å². The monoisotopic (exact) mass is 377 g/mol. The van der Waals surface area contributed by atoms with Crippen LogP contribution in [-0.4, -0.2) is 38.7 Å². The quantitative estimate of drug-likeness (QED) is 0.747. The summed E-state index contributed by atoms with van der Waals surface area (Å²) in [6, 6.07) is 11.4. The average molecular weight is 377 g/mol. The second-order valence-electron chi connectivity index (χ2n) is 5.38. The third-order valence-corrected chi connectivity index (χ3v) is 5.82. The number of nitrogens with zero attached hydrogens (tertiary/aromatic N) is 1. The first-order valence-electron chi connectivity index (χ1n) is 7.45. The molecule has 0 bridgehead atoms. The molecule has 2 aromatic rings. The van der Waals surface area contributed by atoms with Gasteiger partial charge in [-0.2, -0.15) is 0 Å². The van der Waals surface area contributed by atoms with Gasteiger partial charge in [0.1, 0.15) is 4.88 Å². The lowest BCUT2D eigenvalue weighted by Crippen LogP contribution is -2.43. The van der Waals surface area contributed by atoms with E-state index < -0.39 is 34.4 Å². The van der Waals surface area contributed by atoms with Crippen molar-refractivity contribution in [3.63, 3.8) is 0 Å². The summed E-state index contributed by atoms with van der Waals surface area (Å²) in [6.45, 7) is -0.462. The number of anilines is 1. The fourth-order valence-corrected chi connectivity index (χ4v) is 4.38. The Morgan fingerprint density at radius 3 is 2.52 bits per heavy atom. The van der Waals surface area contributed by atoms with Gasteiger partial charge in [-0.05, 0) is 29.7 Å². The first-order valence-corrected chi connectivity index (χ1v) is 10.0. The van der Waals surface area contributed by atoms with Gasteiger partial charge in [-0.3, -0.25) is 4.79 Å². The fourth-order valence-electron chi connectivity index (χ4n) is 2.49. The standard InChI is InChI=1S/C17H15NO5S2/c19-16(11-23-17(20)15-7-4-9-24-15)18(13-5-2-1-3-6-13)14-8-10-25(21,22)12-14/h1-10,14H,11-12H2/t14-/m1/s1. The van der Waals surface area contributed by atoms with Crippen LogP contribution in [0.4, 0.5) is 5.69 Å². The lowest BCUT2D eigenvalue weighted by Gasteiger charge is -2.27. The Kier molecular flexibility index (Phi) is 5.00. The summed E-state index contributed by atoms with van der Waals surface area (Å²) in [7, 11) is -3.33. The molecule has 1 aliphatic rings. The molecule has 0 N–H and O–H groups in total. The first-order chi connectivity index (χ1) is 12.0. The number of carbonyl (C=O) groups excluding carboxylic acids is 2. The molecule has 130 valence electrons. The van der Waals surface area contributed by atoms with E-state index in [0.29, 0.717) is 10.6 Å². The highest BCUT2D eigenvalue weighted by atomic mass is 32.2. The summed E-state index contributed by atoms with van der Waals surface area (Å²) in [5.41, 5.74) is 0.548. The first kappa shape index (κ1) is 17.4. The molecule has 6 nitrogen and oxygen atoms in total. The molecule has 1 aromatic heterocycles. The molecule has 0 saturated heterocycles. The van der Waals surface area contributed by atoms with Crippen molar-refractivity contribution in [1.82, 2.24) is 0 Å². The van der Waals surface area contributed by atoms with Crippen molar-refractivity contribution in [1.29, 1.82) is 0 Å². The van der Waals surface area contributed by atoms with Crippen molar-refractivity contribution >= 4 is 38.7 Å². The van der Waals surface area contributed by atoms with Crippen LogP contribution in [0.2, 0.25) is 0 Å². The summed E-state index contributed by atoms with van der Waals surface area (Å²) in [4.78, 5) is 26.3. The predicted molar refractivity (Wildman–Crippen MR) is 95.2 cm³/mol. The summed E-state index contributed by atoms with van der Waals surface area (Å²) >= 11 is 1.22. The number of ether oxygens (including phenoxy) is 1. The number of amides is 1. The van der Waals surface area contributed by atoms with E-state index in [9.17, 15) is 18.0 Å². The minimum Gasteiger partial charge on any atom is -0.451 e. The number of benzene rings is 1. The lowest BCUT2D eigenvalue weighted by molar-refractivity contribution is -0.121. The molecule has 0 aliphatic carbocycles. The predicted octanol–water partition coefficient (Wildman–Crippen LogP) is 2.25. The van der Waals surface area contributed by atoms with Crippen molar-refractivity contribution < 1.29 is 22.7 Å². The van der Waals surface area contributed by atoms with E-state index in [-0.39, 0.29) is 5.75 Å². The third-order valence-electron chi connectivity index (χ3n) is 3.59. The van der Waals surface area contributed by atoms with Gasteiger partial charge in [-0.25, -0.2) is 13.2 Å². The second-order valence-corrected chi connectivity index (χ2v) is 8.26. The number of thiophene rings is 1. The molecule has 1 amide bonds. The van der Waals surface area contributed by atoms with E-state index in [1.54, 1.807) is 47.8 Å². The third kappa shape index (κ3) is 4.15. The summed E-state index contributed by atoms with van der Waals surface area (Å²) in [5, 5.41) is 2.85. The smallest absolute Gasteiger partial charge is 0.348 e. The van der Waals surface area contributed by atoms with E-state index in [0.717, 1.165) is 5.41 Å². The van der Waals surface area contributed by atoms with Gasteiger partial charge in [0.2, 0.25) is 0 Å². The van der Waals surface area contributed by atoms with E-state index in [1.807, 2.05) is 0 Å². The zero-order valence-electron chi connectivity index (χ0n) is 13.1. The molecule has 1 atom stereocenters. The highest BCUT2D eigenvalue weighted by Gasteiger charge is 2.31. The van der Waals surface area contributed by atoms with E-state index >= 15 is 0 Å². The van der Waals surface area contributed by atoms with E-state index in [2.05, 4.69) is 0 Å². The van der Waals surface area contributed by atoms with Crippen LogP contribution >= 0.6 is 11.3 Å². The Labute approximate surface area is 149 Å². The number of sulfone groups is 1. The van der Waals surface area contributed by atoms with Crippen LogP contribution in [0.3, 0.4) is 0 Å². The highest BCUT2D eigenvalue weighted by molar-refractivity contribution is 7.94. The zero-order valence-corrected chi connectivity index (χ0v) is 14.7. The summed E-state index contributed by atoms with van der Waals surface area (Å²) in [5.74, 6) is -1.25. The molecule has 2 heterocycles. The summed E-state index contributed by atoms with van der Waals surface area (Å²) < 4.78 is 28.5. The normalized spacial score (nSPS) is 18.0. The van der Waals surface area contributed by atoms with Gasteiger partial charge in [-0.1, -0.05) is 24.3 Å². The molecule has 1 aliphatic heterocycles. The second kappa shape index (κ2) is 7.20. The van der Waals surface area contributed by atoms with Gasteiger partial charge in [-0.15, -0.1) is 11.3 Å². The van der Waals surface area contributed by atoms with Gasteiger partial charge in [0.15, 0.2) is 16.4 Å². The van der Waals surface area contributed by atoms with Crippen LogP contribution in [0.5, 0.6) is 0 Å². The Balaban J connectivity index is 1.76. The van der Waals surface area contributed by atoms with Crippen molar-refractivity contribution in [2.75, 3.05) is 17.3 Å². The van der Waals surface area contributed by atoms with Crippen LogP contribution < -0.4 is 4.90 Å². The molecular weight excluding hydrogens is 362 g/mol. The van der Waals surface area contributed by atoms with Gasteiger partial charge in [0.25, 0.3) is 5.91 Å². The Hall–Kier alpha value is -2.45. The topological polar surface area (TPSA) is 80.8 Å². The van der Waals surface area contributed by atoms with Gasteiger partial charge in [0, 0.05) is 11.1 Å². The molecule has 0 radical (unpaired) electrons. The largest absolute Gasteiger partial charge is 0.451 e. The maximum absolute atomic E-state index is 12.6. The van der Waals surface area contributed by atoms with E-state index in [1.165, 1.54) is 22.3 Å². The van der Waals surface area contributed by atoms with Crippen LogP contribution in [0.15, 0.2) is 59.3 Å². The molecule has 0 spiro atoms. The molecule has 3 rings (SSSR count). The van der Waals surface area contributed by atoms with Crippen molar-refractivity contribution in [2.45, 2.75) is 6.04 Å². The van der Waals surface area contributed by atoms with Crippen LogP contribution in [0, 0.1) is 0 Å². The van der Waals surface area contributed by atoms with Crippen molar-refractivity contribution in [3.05, 3.63) is 64.2 Å². The number of rotatable bonds is 5.